The van der Waals surface area contributed by atoms with Crippen LogP contribution in [-0.2, 0) is 10.8 Å². The van der Waals surface area contributed by atoms with Gasteiger partial charge in [-0.15, -0.1) is 0 Å². The van der Waals surface area contributed by atoms with E-state index in [9.17, 15) is 4.21 Å². The van der Waals surface area contributed by atoms with E-state index in [0.29, 0.717) is 0 Å². The average molecular weight is 238 g/mol. The Labute approximate surface area is 102 Å². The Balaban J connectivity index is 2.12. The molecule has 2 heteroatoms. The fraction of sp³-hybridized carbons (Fsp3) is 0.571. The van der Waals surface area contributed by atoms with E-state index in [2.05, 4.69) is 6.92 Å². The summed E-state index contributed by atoms with van der Waals surface area (Å²) in [5.74, 6) is 0.816. The second-order valence-corrected chi connectivity index (χ2v) is 5.70. The molecule has 0 saturated heterocycles. The van der Waals surface area contributed by atoms with Crippen LogP contribution in [0, 0.1) is 0 Å². The Morgan fingerprint density at radius 2 is 1.56 bits per heavy atom. The summed E-state index contributed by atoms with van der Waals surface area (Å²) in [4.78, 5) is 0.969. The lowest BCUT2D eigenvalue weighted by atomic mass is 10.1. The molecular formula is C14H22OS. The average Bonchev–Trinajstić information content (AvgIpc) is 2.34. The lowest BCUT2D eigenvalue weighted by molar-refractivity contribution is 0.622. The SMILES string of the molecule is CCCCCCCC[S@@](=O)c1ccccc1. The third kappa shape index (κ3) is 5.45. The maximum Gasteiger partial charge on any atom is 0.0529 e. The molecule has 1 nitrogen and oxygen atoms in total. The molecule has 0 aliphatic rings. The fourth-order valence-corrected chi connectivity index (χ4v) is 2.87. The summed E-state index contributed by atoms with van der Waals surface area (Å²) >= 11 is 0. The van der Waals surface area contributed by atoms with Crippen molar-refractivity contribution in [1.82, 2.24) is 0 Å². The molecule has 0 aliphatic heterocycles. The van der Waals surface area contributed by atoms with Crippen LogP contribution >= 0.6 is 0 Å². The first-order valence-corrected chi connectivity index (χ1v) is 7.60. The van der Waals surface area contributed by atoms with Gasteiger partial charge in [-0.05, 0) is 18.6 Å². The maximum absolute atomic E-state index is 11.8. The lowest BCUT2D eigenvalue weighted by Gasteiger charge is -2.02. The fourth-order valence-electron chi connectivity index (χ4n) is 1.70. The van der Waals surface area contributed by atoms with Crippen molar-refractivity contribution in [3.05, 3.63) is 30.3 Å². The first kappa shape index (κ1) is 13.4. The van der Waals surface area contributed by atoms with E-state index in [1.165, 1.54) is 32.1 Å². The highest BCUT2D eigenvalue weighted by Gasteiger charge is 2.01. The predicted octanol–water partition coefficient (Wildman–Crippen LogP) is 4.15. The molecule has 90 valence electrons. The van der Waals surface area contributed by atoms with Crippen LogP contribution in [0.3, 0.4) is 0 Å². The van der Waals surface area contributed by atoms with Crippen molar-refractivity contribution in [2.24, 2.45) is 0 Å². The summed E-state index contributed by atoms with van der Waals surface area (Å²) in [7, 11) is -0.791. The van der Waals surface area contributed by atoms with E-state index in [1.807, 2.05) is 30.3 Å². The third-order valence-corrected chi connectivity index (χ3v) is 4.15. The van der Waals surface area contributed by atoms with E-state index in [-0.39, 0.29) is 0 Å². The lowest BCUT2D eigenvalue weighted by Crippen LogP contribution is -1.97. The summed E-state index contributed by atoms with van der Waals surface area (Å²) in [5, 5.41) is 0. The van der Waals surface area contributed by atoms with Crippen LogP contribution < -0.4 is 0 Å². The van der Waals surface area contributed by atoms with Crippen LogP contribution in [0.25, 0.3) is 0 Å². The molecule has 16 heavy (non-hydrogen) atoms. The van der Waals surface area contributed by atoms with E-state index in [1.54, 1.807) is 0 Å². The van der Waals surface area contributed by atoms with Crippen LogP contribution in [0.2, 0.25) is 0 Å². The summed E-state index contributed by atoms with van der Waals surface area (Å²) in [6.45, 7) is 2.23. The molecule has 0 radical (unpaired) electrons. The summed E-state index contributed by atoms with van der Waals surface area (Å²) in [6.07, 6.45) is 7.55. The molecule has 0 aromatic heterocycles. The van der Waals surface area contributed by atoms with Crippen LogP contribution in [0.5, 0.6) is 0 Å². The van der Waals surface area contributed by atoms with Gasteiger partial charge < -0.3 is 0 Å². The van der Waals surface area contributed by atoms with Crippen molar-refractivity contribution in [1.29, 1.82) is 0 Å². The monoisotopic (exact) mass is 238 g/mol. The normalized spacial score (nSPS) is 12.6. The van der Waals surface area contributed by atoms with Gasteiger partial charge >= 0.3 is 0 Å². The Morgan fingerprint density at radius 1 is 0.938 bits per heavy atom. The minimum absolute atomic E-state index is 0.791. The zero-order chi connectivity index (χ0) is 11.6. The zero-order valence-electron chi connectivity index (χ0n) is 10.2. The van der Waals surface area contributed by atoms with Gasteiger partial charge in [-0.25, -0.2) is 0 Å². The van der Waals surface area contributed by atoms with Crippen molar-refractivity contribution >= 4 is 10.8 Å². The number of unbranched alkanes of at least 4 members (excludes halogenated alkanes) is 5. The van der Waals surface area contributed by atoms with E-state index in [4.69, 9.17) is 0 Å². The minimum atomic E-state index is -0.791. The van der Waals surface area contributed by atoms with Crippen molar-refractivity contribution in [2.45, 2.75) is 50.3 Å². The van der Waals surface area contributed by atoms with Crippen LogP contribution in [-0.4, -0.2) is 9.96 Å². The Hall–Kier alpha value is -0.630. The maximum atomic E-state index is 11.8. The zero-order valence-corrected chi connectivity index (χ0v) is 11.0. The topological polar surface area (TPSA) is 17.1 Å². The Kier molecular flexibility index (Phi) is 7.15. The van der Waals surface area contributed by atoms with Crippen molar-refractivity contribution in [2.75, 3.05) is 5.75 Å². The molecule has 0 fully saturated rings. The highest BCUT2D eigenvalue weighted by atomic mass is 32.2. The second-order valence-electron chi connectivity index (χ2n) is 4.13. The van der Waals surface area contributed by atoms with Crippen molar-refractivity contribution < 1.29 is 4.21 Å². The molecule has 0 saturated carbocycles. The van der Waals surface area contributed by atoms with Gasteiger partial charge in [0, 0.05) is 10.6 Å². The van der Waals surface area contributed by atoms with Crippen LogP contribution in [0.15, 0.2) is 35.2 Å². The molecule has 1 aromatic carbocycles. The quantitative estimate of drug-likeness (QED) is 0.622. The molecule has 0 amide bonds. The van der Waals surface area contributed by atoms with Gasteiger partial charge in [0.2, 0.25) is 0 Å². The Bertz CT molecular complexity index is 295. The van der Waals surface area contributed by atoms with Gasteiger partial charge in [0.1, 0.15) is 0 Å². The number of hydrogen-bond acceptors (Lipinski definition) is 1. The summed E-state index contributed by atoms with van der Waals surface area (Å²) in [6, 6.07) is 9.77. The van der Waals surface area contributed by atoms with Crippen LogP contribution in [0.4, 0.5) is 0 Å². The van der Waals surface area contributed by atoms with Gasteiger partial charge in [-0.3, -0.25) is 4.21 Å². The van der Waals surface area contributed by atoms with E-state index >= 15 is 0 Å². The first-order valence-electron chi connectivity index (χ1n) is 6.28. The molecular weight excluding hydrogens is 216 g/mol. The van der Waals surface area contributed by atoms with Gasteiger partial charge in [0.15, 0.2) is 0 Å². The molecule has 0 spiro atoms. The van der Waals surface area contributed by atoms with Gasteiger partial charge in [0.05, 0.1) is 10.8 Å². The number of hydrogen-bond donors (Lipinski definition) is 0. The molecule has 1 rings (SSSR count). The number of rotatable bonds is 8. The van der Waals surface area contributed by atoms with Gasteiger partial charge in [-0.1, -0.05) is 57.2 Å². The summed E-state index contributed by atoms with van der Waals surface area (Å²) < 4.78 is 11.8. The van der Waals surface area contributed by atoms with Crippen molar-refractivity contribution in [3.63, 3.8) is 0 Å². The molecule has 0 bridgehead atoms. The third-order valence-electron chi connectivity index (χ3n) is 2.69. The minimum Gasteiger partial charge on any atom is -0.254 e. The van der Waals surface area contributed by atoms with Crippen molar-refractivity contribution in [3.8, 4) is 0 Å². The second kappa shape index (κ2) is 8.51. The first-order chi connectivity index (χ1) is 7.84. The number of benzene rings is 1. The molecule has 0 heterocycles. The van der Waals surface area contributed by atoms with Gasteiger partial charge in [0.25, 0.3) is 0 Å². The largest absolute Gasteiger partial charge is 0.254 e. The molecule has 0 unspecified atom stereocenters. The molecule has 0 N–H and O–H groups in total. The van der Waals surface area contributed by atoms with Gasteiger partial charge in [-0.2, -0.15) is 0 Å². The highest BCUT2D eigenvalue weighted by molar-refractivity contribution is 7.85. The Morgan fingerprint density at radius 3 is 2.25 bits per heavy atom. The highest BCUT2D eigenvalue weighted by Crippen LogP contribution is 2.10. The molecule has 1 aromatic rings. The van der Waals surface area contributed by atoms with E-state index in [0.717, 1.165) is 17.1 Å². The standard InChI is InChI=1S/C14H22OS/c1-2-3-4-5-6-10-13-16(15)14-11-8-7-9-12-14/h7-9,11-12H,2-6,10,13H2,1H3/t16-/m1/s1. The molecule has 1 atom stereocenters. The molecule has 0 aliphatic carbocycles. The van der Waals surface area contributed by atoms with E-state index < -0.39 is 10.8 Å². The summed E-state index contributed by atoms with van der Waals surface area (Å²) in [5.41, 5.74) is 0. The smallest absolute Gasteiger partial charge is 0.0529 e. The predicted molar refractivity (Wildman–Crippen MR) is 71.1 cm³/mol. The van der Waals surface area contributed by atoms with Crippen LogP contribution in [0.1, 0.15) is 45.4 Å².